The molecule has 1 rings (SSSR count). The standard InChI is InChI=1S/C11H25N3O2/c1-13-4-5-16-11(7-13)8-14(2)6-10(12)9-15-3/h10-11H,4-9,12H2,1-3H3. The number of methoxy groups -OCH3 is 1. The summed E-state index contributed by atoms with van der Waals surface area (Å²) in [5, 5.41) is 0. The fraction of sp³-hybridized carbons (Fsp3) is 1.00. The van der Waals surface area contributed by atoms with Gasteiger partial charge in [0.25, 0.3) is 0 Å². The lowest BCUT2D eigenvalue weighted by Crippen LogP contribution is -2.47. The third-order valence-corrected chi connectivity index (χ3v) is 2.78. The first-order valence-electron chi connectivity index (χ1n) is 5.85. The lowest BCUT2D eigenvalue weighted by atomic mass is 10.2. The van der Waals surface area contributed by atoms with Crippen LogP contribution in [0.1, 0.15) is 0 Å². The van der Waals surface area contributed by atoms with Crippen LogP contribution in [0.5, 0.6) is 0 Å². The maximum atomic E-state index is 5.90. The van der Waals surface area contributed by atoms with Crippen LogP contribution >= 0.6 is 0 Å². The van der Waals surface area contributed by atoms with Crippen molar-refractivity contribution in [2.75, 3.05) is 60.6 Å². The summed E-state index contributed by atoms with van der Waals surface area (Å²) in [4.78, 5) is 4.52. The van der Waals surface area contributed by atoms with Crippen molar-refractivity contribution >= 4 is 0 Å². The minimum atomic E-state index is 0.0799. The van der Waals surface area contributed by atoms with Crippen LogP contribution in [0.2, 0.25) is 0 Å². The van der Waals surface area contributed by atoms with Gasteiger partial charge in [-0.2, -0.15) is 0 Å². The highest BCUT2D eigenvalue weighted by molar-refractivity contribution is 4.74. The zero-order valence-electron chi connectivity index (χ0n) is 10.7. The third kappa shape index (κ3) is 5.23. The Morgan fingerprint density at radius 1 is 1.62 bits per heavy atom. The molecule has 0 aliphatic carbocycles. The summed E-state index contributed by atoms with van der Waals surface area (Å²) in [5.74, 6) is 0. The molecule has 2 atom stereocenters. The van der Waals surface area contributed by atoms with E-state index in [0.29, 0.717) is 12.7 Å². The predicted molar refractivity (Wildman–Crippen MR) is 64.6 cm³/mol. The molecule has 96 valence electrons. The molecule has 16 heavy (non-hydrogen) atoms. The Hall–Kier alpha value is -0.200. The molecular formula is C11H25N3O2. The number of morpholine rings is 1. The highest BCUT2D eigenvalue weighted by Crippen LogP contribution is 2.04. The van der Waals surface area contributed by atoms with E-state index in [1.807, 2.05) is 0 Å². The molecule has 5 heteroatoms. The van der Waals surface area contributed by atoms with Crippen LogP contribution in [0.15, 0.2) is 0 Å². The van der Waals surface area contributed by atoms with Crippen molar-refractivity contribution < 1.29 is 9.47 Å². The molecule has 2 N–H and O–H groups in total. The van der Waals surface area contributed by atoms with Gasteiger partial charge in [-0.05, 0) is 14.1 Å². The molecule has 0 aromatic carbocycles. The second kappa shape index (κ2) is 7.19. The number of rotatable bonds is 6. The molecule has 1 aliphatic rings. The summed E-state index contributed by atoms with van der Waals surface area (Å²) < 4.78 is 10.7. The number of nitrogens with two attached hydrogens (primary N) is 1. The first-order valence-corrected chi connectivity index (χ1v) is 5.85. The van der Waals surface area contributed by atoms with E-state index in [-0.39, 0.29) is 6.04 Å². The van der Waals surface area contributed by atoms with Crippen molar-refractivity contribution in [3.05, 3.63) is 0 Å². The lowest BCUT2D eigenvalue weighted by molar-refractivity contribution is -0.0335. The monoisotopic (exact) mass is 231 g/mol. The van der Waals surface area contributed by atoms with Gasteiger partial charge in [-0.25, -0.2) is 0 Å². The number of nitrogens with zero attached hydrogens (tertiary/aromatic N) is 2. The fourth-order valence-corrected chi connectivity index (χ4v) is 2.07. The van der Waals surface area contributed by atoms with Gasteiger partial charge in [0.2, 0.25) is 0 Å². The quantitative estimate of drug-likeness (QED) is 0.650. The number of likely N-dealkylation sites (N-methyl/N-ethyl adjacent to an activating group) is 2. The molecule has 5 nitrogen and oxygen atoms in total. The molecule has 1 saturated heterocycles. The second-order valence-corrected chi connectivity index (χ2v) is 4.69. The first kappa shape index (κ1) is 13.9. The minimum Gasteiger partial charge on any atom is -0.383 e. The molecule has 0 bridgehead atoms. The normalized spacial score (nSPS) is 24.9. The summed E-state index contributed by atoms with van der Waals surface area (Å²) >= 11 is 0. The van der Waals surface area contributed by atoms with Crippen molar-refractivity contribution in [1.82, 2.24) is 9.80 Å². The van der Waals surface area contributed by atoms with E-state index in [1.165, 1.54) is 0 Å². The van der Waals surface area contributed by atoms with Crippen molar-refractivity contribution in [3.63, 3.8) is 0 Å². The molecule has 0 radical (unpaired) electrons. The molecule has 0 saturated carbocycles. The van der Waals surface area contributed by atoms with Crippen LogP contribution in [0.25, 0.3) is 0 Å². The molecular weight excluding hydrogens is 206 g/mol. The number of hydrogen-bond donors (Lipinski definition) is 1. The Balaban J connectivity index is 2.19. The number of ether oxygens (including phenoxy) is 2. The Kier molecular flexibility index (Phi) is 6.23. The summed E-state index contributed by atoms with van der Waals surface area (Å²) in [7, 11) is 5.89. The minimum absolute atomic E-state index is 0.0799. The van der Waals surface area contributed by atoms with Crippen LogP contribution in [0.3, 0.4) is 0 Å². The molecule has 1 aliphatic heterocycles. The zero-order valence-corrected chi connectivity index (χ0v) is 10.7. The van der Waals surface area contributed by atoms with Gasteiger partial charge in [0.1, 0.15) is 0 Å². The van der Waals surface area contributed by atoms with Gasteiger partial charge in [-0.1, -0.05) is 0 Å². The van der Waals surface area contributed by atoms with E-state index < -0.39 is 0 Å². The SMILES string of the molecule is COCC(N)CN(C)CC1CN(C)CCO1. The largest absolute Gasteiger partial charge is 0.383 e. The van der Waals surface area contributed by atoms with E-state index in [2.05, 4.69) is 23.9 Å². The molecule has 1 fully saturated rings. The van der Waals surface area contributed by atoms with Gasteiger partial charge < -0.3 is 25.0 Å². The van der Waals surface area contributed by atoms with E-state index in [1.54, 1.807) is 7.11 Å². The van der Waals surface area contributed by atoms with Gasteiger partial charge in [-0.3, -0.25) is 0 Å². The second-order valence-electron chi connectivity index (χ2n) is 4.69. The van der Waals surface area contributed by atoms with E-state index >= 15 is 0 Å². The molecule has 1 heterocycles. The Morgan fingerprint density at radius 2 is 2.38 bits per heavy atom. The highest BCUT2D eigenvalue weighted by atomic mass is 16.5. The zero-order chi connectivity index (χ0) is 12.0. The smallest absolute Gasteiger partial charge is 0.0829 e. The van der Waals surface area contributed by atoms with Crippen molar-refractivity contribution in [2.45, 2.75) is 12.1 Å². The Morgan fingerprint density at radius 3 is 3.00 bits per heavy atom. The van der Waals surface area contributed by atoms with Crippen LogP contribution < -0.4 is 5.73 Å². The molecule has 0 aromatic heterocycles. The maximum absolute atomic E-state index is 5.90. The molecule has 0 aromatic rings. The van der Waals surface area contributed by atoms with Gasteiger partial charge in [0, 0.05) is 39.3 Å². The summed E-state index contributed by atoms with van der Waals surface area (Å²) in [5.41, 5.74) is 5.90. The van der Waals surface area contributed by atoms with E-state index in [0.717, 1.165) is 32.8 Å². The molecule has 2 unspecified atom stereocenters. The van der Waals surface area contributed by atoms with E-state index in [4.69, 9.17) is 15.2 Å². The number of hydrogen-bond acceptors (Lipinski definition) is 5. The molecule has 0 spiro atoms. The van der Waals surface area contributed by atoms with Gasteiger partial charge in [0.05, 0.1) is 19.3 Å². The van der Waals surface area contributed by atoms with Crippen LogP contribution in [0, 0.1) is 0 Å². The lowest BCUT2D eigenvalue weighted by Gasteiger charge is -2.33. The third-order valence-electron chi connectivity index (χ3n) is 2.78. The van der Waals surface area contributed by atoms with Crippen molar-refractivity contribution in [3.8, 4) is 0 Å². The van der Waals surface area contributed by atoms with Crippen LogP contribution in [-0.2, 0) is 9.47 Å². The molecule has 0 amide bonds. The first-order chi connectivity index (χ1) is 7.61. The maximum Gasteiger partial charge on any atom is 0.0829 e. The Labute approximate surface area is 98.5 Å². The summed E-state index contributed by atoms with van der Waals surface area (Å²) in [6, 6.07) is 0.0799. The topological polar surface area (TPSA) is 51.0 Å². The van der Waals surface area contributed by atoms with Gasteiger partial charge >= 0.3 is 0 Å². The predicted octanol–water partition coefficient (Wildman–Crippen LogP) is -0.777. The average Bonchev–Trinajstić information content (AvgIpc) is 2.17. The Bertz CT molecular complexity index is 192. The van der Waals surface area contributed by atoms with Crippen LogP contribution in [0.4, 0.5) is 0 Å². The van der Waals surface area contributed by atoms with Crippen LogP contribution in [-0.4, -0.2) is 82.5 Å². The highest BCUT2D eigenvalue weighted by Gasteiger charge is 2.19. The average molecular weight is 231 g/mol. The van der Waals surface area contributed by atoms with Crippen molar-refractivity contribution in [1.29, 1.82) is 0 Å². The van der Waals surface area contributed by atoms with Gasteiger partial charge in [-0.15, -0.1) is 0 Å². The summed E-state index contributed by atoms with van der Waals surface area (Å²) in [6.45, 7) is 5.25. The summed E-state index contributed by atoms with van der Waals surface area (Å²) in [6.07, 6.45) is 0.304. The van der Waals surface area contributed by atoms with Gasteiger partial charge in [0.15, 0.2) is 0 Å². The fourth-order valence-electron chi connectivity index (χ4n) is 2.07. The van der Waals surface area contributed by atoms with E-state index in [9.17, 15) is 0 Å². The van der Waals surface area contributed by atoms with Crippen molar-refractivity contribution in [2.24, 2.45) is 5.73 Å².